The van der Waals surface area contributed by atoms with Crippen molar-refractivity contribution in [3.63, 3.8) is 0 Å². The van der Waals surface area contributed by atoms with E-state index in [-0.39, 0.29) is 35.5 Å². The highest BCUT2D eigenvalue weighted by molar-refractivity contribution is 6.39. The van der Waals surface area contributed by atoms with E-state index in [0.717, 1.165) is 86.3 Å². The largest absolute Gasteiger partial charge is 0.555 e. The Bertz CT molecular complexity index is 4890. The first kappa shape index (κ1) is 81.2. The monoisotopic (exact) mass is 1500 g/mol. The number of allylic oxidation sites excluding steroid dienone is 7. The number of aldehydes is 1. The number of rotatable bonds is 32. The van der Waals surface area contributed by atoms with Crippen molar-refractivity contribution < 1.29 is 28.4 Å². The van der Waals surface area contributed by atoms with Gasteiger partial charge in [-0.3, -0.25) is 25.9 Å². The summed E-state index contributed by atoms with van der Waals surface area (Å²) in [4.78, 5) is 32.7. The van der Waals surface area contributed by atoms with Crippen LogP contribution in [0.25, 0.3) is 22.3 Å². The second-order valence-electron chi connectivity index (χ2n) is 25.7. The van der Waals surface area contributed by atoms with E-state index in [1.807, 2.05) is 115 Å². The van der Waals surface area contributed by atoms with Crippen molar-refractivity contribution in [2.45, 2.75) is 94.5 Å². The molecule has 0 unspecified atom stereocenters. The number of nitrogen functional groups attached to an aromatic ring is 2. The van der Waals surface area contributed by atoms with Crippen LogP contribution in [0.3, 0.4) is 0 Å². The van der Waals surface area contributed by atoms with E-state index >= 15 is 0 Å². The molecule has 11 aromatic rings. The molecule has 0 spiro atoms. The number of fused-ring (bicyclic) bond motifs is 4. The zero-order valence-corrected chi connectivity index (χ0v) is 62.1. The third-order valence-corrected chi connectivity index (χ3v) is 17.9. The lowest BCUT2D eigenvalue weighted by atomic mass is 9.74. The van der Waals surface area contributed by atoms with Crippen LogP contribution in [0.4, 0.5) is 23.8 Å². The number of nitrogens with one attached hydrogen (secondary N) is 6. The fourth-order valence-corrected chi connectivity index (χ4v) is 12.5. The first-order valence-electron chi connectivity index (χ1n) is 36.1. The Morgan fingerprint density at radius 3 is 1.32 bits per heavy atom. The predicted molar refractivity (Wildman–Crippen MR) is 433 cm³/mol. The van der Waals surface area contributed by atoms with Crippen LogP contribution in [0.2, 0.25) is 17.5 Å². The maximum atomic E-state index is 12.3. The lowest BCUT2D eigenvalue weighted by Crippen LogP contribution is -2.32. The molecule has 34 heteroatoms. The van der Waals surface area contributed by atoms with Crippen molar-refractivity contribution in [2.75, 3.05) is 49.3 Å². The molecule has 4 aromatic heterocycles. The summed E-state index contributed by atoms with van der Waals surface area (Å²) in [7, 11) is 7.48. The van der Waals surface area contributed by atoms with Crippen LogP contribution in [-0.4, -0.2) is 173 Å². The molecule has 0 fully saturated rings. The molecular formula is C78H87B3N25O6. The summed E-state index contributed by atoms with van der Waals surface area (Å²) in [6.45, 7) is 2.98. The number of hydrogen-bond donors (Lipinski definition) is 9. The van der Waals surface area contributed by atoms with Gasteiger partial charge < -0.3 is 46.6 Å². The van der Waals surface area contributed by atoms with Gasteiger partial charge in [0, 0.05) is 32.0 Å². The molecule has 569 valence electrons. The summed E-state index contributed by atoms with van der Waals surface area (Å²) in [6.07, 6.45) is 18.9. The second-order valence-corrected chi connectivity index (χ2v) is 25.7. The molecule has 4 heterocycles. The number of hydrogen-bond acceptors (Lipinski definition) is 26. The van der Waals surface area contributed by atoms with Gasteiger partial charge in [-0.1, -0.05) is 233 Å². The minimum absolute atomic E-state index is 0.00604. The van der Waals surface area contributed by atoms with Gasteiger partial charge in [0.25, 0.3) is 23.8 Å². The Morgan fingerprint density at radius 2 is 0.911 bits per heavy atom. The number of nitrogens with two attached hydrogens (primary N) is 3. The van der Waals surface area contributed by atoms with Gasteiger partial charge in [0.15, 0.2) is 0 Å². The molecule has 15 rings (SSSR count). The highest BCUT2D eigenvalue weighted by Crippen LogP contribution is 2.37. The maximum absolute atomic E-state index is 12.3. The quantitative estimate of drug-likeness (QED) is 0.00623. The van der Waals surface area contributed by atoms with E-state index in [1.54, 1.807) is 24.1 Å². The average Bonchev–Trinajstić information content (AvgIpc) is 1.72. The Kier molecular flexibility index (Phi) is 31.6. The molecule has 0 saturated carbocycles. The number of anilines is 4. The fourth-order valence-electron chi connectivity index (χ4n) is 12.5. The Labute approximate surface area is 650 Å². The van der Waals surface area contributed by atoms with Gasteiger partial charge in [0.1, 0.15) is 25.5 Å². The number of amides is 1. The summed E-state index contributed by atoms with van der Waals surface area (Å²) in [5.41, 5.74) is 35.3. The highest BCUT2D eigenvalue weighted by Gasteiger charge is 2.29. The van der Waals surface area contributed by atoms with Gasteiger partial charge in [0.05, 0.1) is 32.6 Å². The van der Waals surface area contributed by atoms with Crippen molar-refractivity contribution in [1.29, 1.82) is 16.2 Å². The zero-order valence-electron chi connectivity index (χ0n) is 62.1. The minimum atomic E-state index is -0.492. The van der Waals surface area contributed by atoms with E-state index in [2.05, 4.69) is 175 Å². The molecule has 0 bridgehead atoms. The van der Waals surface area contributed by atoms with Crippen LogP contribution in [0.5, 0.6) is 0 Å². The predicted octanol–water partition coefficient (Wildman–Crippen LogP) is 9.08. The number of carbonyl (C=O) groups is 2. The van der Waals surface area contributed by atoms with Gasteiger partial charge in [-0.15, -0.1) is 20.4 Å². The standard InChI is InChI=1S/C21H22BN6O.C20H22N6.C15H18BN2O3.C13H13BNO2.C8H9N5.CH3N5/c23-15-29-22-19(12-18-11-10-17-8-4-5-9-20(17)18)13-24-21-25-27-28(26-21)14-16-6-2-1-3-7-16;21-18(12-17-11-10-16-8-4-5-9-19(16)17)13-22-20-23-25-26(24-20)14-15-6-2-1-3-7-15;1-18(20-2)15(19)14(16-21-10-17)9-12-8-7-11-5-3-4-6-13(11)12;15-9-17-14-12(8-16)7-11-6-5-10-3-1-2-4-13(10)11;9-8-10-12-13(11-8)6-7-4-2-1-3-5-7;2-1-3-5-6-4-1/h1-9,11,15,19,23H,10,12-14H2,(H,24,26);1-9,11,18H,10,12-14,21H2,(H,22,24);3-6,8,10,14,17H,7,9H2,1-2H3;1-4,6,8-9,12,15H,5,7H2;1-5H,6H2,(H2,9,11);(H3,2,3,4,5,6)/t19-;18-;14-;12-;;/m0000../s1. The zero-order chi connectivity index (χ0) is 78.5. The third kappa shape index (κ3) is 25.4. The van der Waals surface area contributed by atoms with Crippen molar-refractivity contribution in [1.82, 2.24) is 86.3 Å². The van der Waals surface area contributed by atoms with Crippen molar-refractivity contribution >= 4 is 99.9 Å². The number of aromatic amines is 1. The molecule has 3 radical (unpaired) electrons. The molecule has 0 saturated heterocycles. The summed E-state index contributed by atoms with van der Waals surface area (Å²) >= 11 is 0. The Morgan fingerprint density at radius 1 is 0.509 bits per heavy atom. The average molecular weight is 1500 g/mol. The number of benzene rings is 7. The number of carbonyl (C=O) groups excluding carboxylic acids is 2. The third-order valence-electron chi connectivity index (χ3n) is 17.9. The van der Waals surface area contributed by atoms with Gasteiger partial charge in [-0.05, 0) is 162 Å². The van der Waals surface area contributed by atoms with Gasteiger partial charge in [-0.25, -0.2) is 5.06 Å². The van der Waals surface area contributed by atoms with Crippen LogP contribution < -0.4 is 27.8 Å². The number of hydroxylamine groups is 2. The molecule has 4 atom stereocenters. The van der Waals surface area contributed by atoms with Crippen LogP contribution in [0, 0.1) is 16.2 Å². The molecule has 4 aliphatic carbocycles. The van der Waals surface area contributed by atoms with Gasteiger partial charge in [-0.2, -0.15) is 19.6 Å². The molecule has 4 aliphatic rings. The van der Waals surface area contributed by atoms with E-state index in [9.17, 15) is 9.59 Å². The maximum Gasteiger partial charge on any atom is 0.384 e. The summed E-state index contributed by atoms with van der Waals surface area (Å²) in [5, 5.41) is 76.8. The molecular weight excluding hydrogens is 1420 g/mol. The molecule has 31 nitrogen and oxygen atoms in total. The first-order chi connectivity index (χ1) is 54.8. The Hall–Kier alpha value is -13.4. The Balaban J connectivity index is 0.000000149. The SMILES string of the molecule is CON(C)C(=O)[C@@H]([B]OC=N)CC1=CCc2ccccc21.N=CO[B][C@H](C=O)CC1=CCc2ccccc21.N=CO[B][C@H](CNc1nnn(Cc2ccccc2)n1)CC1=CCc2ccccc21.N[C@H](CNc1nnn(Cc2ccccc2)n1)CC1=CCc2ccccc21.Nc1nn[nH]n1.Nc1nnn(Cc2ccccc2)n1. The van der Waals surface area contributed by atoms with Crippen LogP contribution in [0.15, 0.2) is 212 Å². The highest BCUT2D eigenvalue weighted by atomic mass is 16.7. The van der Waals surface area contributed by atoms with E-state index in [1.165, 1.54) is 93.2 Å². The van der Waals surface area contributed by atoms with E-state index in [4.69, 9.17) is 52.2 Å². The molecule has 0 aliphatic heterocycles. The molecule has 112 heavy (non-hydrogen) atoms. The van der Waals surface area contributed by atoms with Gasteiger partial charge >= 0.3 is 22.4 Å². The van der Waals surface area contributed by atoms with Crippen molar-refractivity contribution in [2.24, 2.45) is 5.73 Å². The van der Waals surface area contributed by atoms with Gasteiger partial charge in [0.2, 0.25) is 5.91 Å². The summed E-state index contributed by atoms with van der Waals surface area (Å²) in [6, 6.07) is 63.3. The number of nitrogens with zero attached hydrogens (tertiary/aromatic N) is 16. The lowest BCUT2D eigenvalue weighted by molar-refractivity contribution is -0.168. The first-order valence-corrected chi connectivity index (χ1v) is 36.1. The number of H-pyrrole nitrogens is 1. The topological polar surface area (TPSA) is 433 Å². The van der Waals surface area contributed by atoms with Crippen LogP contribution in [0.1, 0.15) is 86.9 Å². The lowest BCUT2D eigenvalue weighted by Gasteiger charge is -2.21. The number of aromatic nitrogens is 16. The molecule has 7 aromatic carbocycles. The summed E-state index contributed by atoms with van der Waals surface area (Å²) in [5.74, 6) is 0.445. The number of tetrazole rings is 4. The minimum Gasteiger partial charge on any atom is -0.555 e. The molecule has 1 amide bonds. The van der Waals surface area contributed by atoms with E-state index in [0.29, 0.717) is 57.5 Å². The fraction of sp³-hybridized carbons (Fsp3) is 0.244. The van der Waals surface area contributed by atoms with Crippen molar-refractivity contribution in [3.05, 3.63) is 274 Å². The second kappa shape index (κ2) is 43.6. The molecule has 12 N–H and O–H groups in total. The van der Waals surface area contributed by atoms with Crippen molar-refractivity contribution in [3.8, 4) is 0 Å². The van der Waals surface area contributed by atoms with E-state index < -0.39 is 5.82 Å². The normalized spacial score (nSPS) is 13.1. The van der Waals surface area contributed by atoms with Crippen LogP contribution >= 0.6 is 0 Å². The van der Waals surface area contributed by atoms with Crippen LogP contribution in [-0.2, 0) is 73.7 Å². The summed E-state index contributed by atoms with van der Waals surface area (Å²) < 4.78 is 14.8. The smallest absolute Gasteiger partial charge is 0.384 e.